The van der Waals surface area contributed by atoms with Gasteiger partial charge in [0.15, 0.2) is 0 Å². The monoisotopic (exact) mass is 269 g/mol. The Labute approximate surface area is 114 Å². The number of rotatable bonds is 8. The van der Waals surface area contributed by atoms with Crippen molar-refractivity contribution in [2.24, 2.45) is 5.92 Å². The molecule has 1 aromatic rings. The van der Waals surface area contributed by atoms with Crippen LogP contribution in [0.2, 0.25) is 0 Å². The number of aromatic nitrogens is 3. The van der Waals surface area contributed by atoms with Crippen LogP contribution >= 0.6 is 0 Å². The lowest BCUT2D eigenvalue weighted by Crippen LogP contribution is -2.32. The third-order valence-corrected chi connectivity index (χ3v) is 2.47. The van der Waals surface area contributed by atoms with E-state index in [0.717, 1.165) is 19.6 Å². The first-order chi connectivity index (χ1) is 9.06. The van der Waals surface area contributed by atoms with Crippen molar-refractivity contribution in [3.05, 3.63) is 0 Å². The molecule has 0 spiro atoms. The Morgan fingerprint density at radius 2 is 1.68 bits per heavy atom. The number of nitrogens with zero attached hydrogens (tertiary/aromatic N) is 4. The van der Waals surface area contributed by atoms with Gasteiger partial charge in [-0.25, -0.2) is 0 Å². The summed E-state index contributed by atoms with van der Waals surface area (Å²) < 4.78 is 10.0. The van der Waals surface area contributed by atoms with Gasteiger partial charge in [0.2, 0.25) is 5.95 Å². The van der Waals surface area contributed by atoms with E-state index in [-0.39, 0.29) is 12.0 Å². The summed E-state index contributed by atoms with van der Waals surface area (Å²) in [4.78, 5) is 14.3. The number of likely N-dealkylation sites (N-methyl/N-ethyl adjacent to an activating group) is 1. The lowest BCUT2D eigenvalue weighted by molar-refractivity contribution is 0.340. The molecule has 0 aliphatic carbocycles. The van der Waals surface area contributed by atoms with Crippen LogP contribution < -0.4 is 19.7 Å². The number of ether oxygens (including phenoxy) is 2. The fourth-order valence-electron chi connectivity index (χ4n) is 1.42. The Hall–Kier alpha value is -1.63. The van der Waals surface area contributed by atoms with E-state index in [1.807, 2.05) is 11.9 Å². The van der Waals surface area contributed by atoms with E-state index >= 15 is 0 Å². The first-order valence-corrected chi connectivity index (χ1v) is 6.32. The Balaban J connectivity index is 2.57. The molecule has 0 saturated heterocycles. The van der Waals surface area contributed by atoms with Crippen molar-refractivity contribution in [3.63, 3.8) is 0 Å². The van der Waals surface area contributed by atoms with E-state index in [1.165, 1.54) is 14.2 Å². The highest BCUT2D eigenvalue weighted by Gasteiger charge is 2.10. The molecule has 19 heavy (non-hydrogen) atoms. The van der Waals surface area contributed by atoms with Gasteiger partial charge >= 0.3 is 12.0 Å². The Morgan fingerprint density at radius 3 is 2.16 bits per heavy atom. The van der Waals surface area contributed by atoms with Crippen LogP contribution in [0.5, 0.6) is 12.0 Å². The highest BCUT2D eigenvalue weighted by molar-refractivity contribution is 5.30. The lowest BCUT2D eigenvalue weighted by Gasteiger charge is -2.18. The molecule has 0 aliphatic rings. The summed E-state index contributed by atoms with van der Waals surface area (Å²) in [6.07, 6.45) is 0. The maximum Gasteiger partial charge on any atom is 0.324 e. The largest absolute Gasteiger partial charge is 0.467 e. The van der Waals surface area contributed by atoms with Crippen LogP contribution in [0.15, 0.2) is 0 Å². The van der Waals surface area contributed by atoms with Crippen molar-refractivity contribution < 1.29 is 9.47 Å². The molecular weight excluding hydrogens is 246 g/mol. The molecule has 1 aromatic heterocycles. The van der Waals surface area contributed by atoms with Crippen LogP contribution in [-0.4, -0.2) is 55.9 Å². The normalized spacial score (nSPS) is 10.6. The SMILES string of the molecule is COc1nc(OC)nc(N(C)CCNCC(C)C)n1. The van der Waals surface area contributed by atoms with Gasteiger partial charge in [0.25, 0.3) is 0 Å². The van der Waals surface area contributed by atoms with Crippen molar-refractivity contribution in [1.82, 2.24) is 20.3 Å². The molecular formula is C12H23N5O2. The van der Waals surface area contributed by atoms with Crippen LogP contribution in [0.25, 0.3) is 0 Å². The van der Waals surface area contributed by atoms with Crippen LogP contribution in [0.3, 0.4) is 0 Å². The molecule has 1 N–H and O–H groups in total. The van der Waals surface area contributed by atoms with Gasteiger partial charge < -0.3 is 19.7 Å². The Bertz CT molecular complexity index is 364. The maximum atomic E-state index is 5.02. The molecule has 7 nitrogen and oxygen atoms in total. The second-order valence-electron chi connectivity index (χ2n) is 4.63. The van der Waals surface area contributed by atoms with E-state index in [0.29, 0.717) is 11.9 Å². The first-order valence-electron chi connectivity index (χ1n) is 6.32. The van der Waals surface area contributed by atoms with Gasteiger partial charge in [-0.3, -0.25) is 0 Å². The van der Waals surface area contributed by atoms with Crippen molar-refractivity contribution in [1.29, 1.82) is 0 Å². The number of methoxy groups -OCH3 is 2. The molecule has 0 radical (unpaired) electrons. The summed E-state index contributed by atoms with van der Waals surface area (Å²) in [5.41, 5.74) is 0. The predicted molar refractivity (Wildman–Crippen MR) is 73.9 cm³/mol. The van der Waals surface area contributed by atoms with E-state index in [4.69, 9.17) is 9.47 Å². The summed E-state index contributed by atoms with van der Waals surface area (Å²) in [5, 5.41) is 3.37. The van der Waals surface area contributed by atoms with Gasteiger partial charge in [-0.2, -0.15) is 9.97 Å². The van der Waals surface area contributed by atoms with Gasteiger partial charge in [-0.15, -0.1) is 4.98 Å². The molecule has 0 aromatic carbocycles. The quantitative estimate of drug-likeness (QED) is 0.692. The zero-order valence-electron chi connectivity index (χ0n) is 12.3. The van der Waals surface area contributed by atoms with Crippen LogP contribution in [0, 0.1) is 5.92 Å². The van der Waals surface area contributed by atoms with Crippen molar-refractivity contribution in [2.45, 2.75) is 13.8 Å². The molecule has 0 atom stereocenters. The summed E-state index contributed by atoms with van der Waals surface area (Å²) in [5.74, 6) is 1.18. The molecule has 0 aliphatic heterocycles. The van der Waals surface area contributed by atoms with E-state index in [1.54, 1.807) is 0 Å². The van der Waals surface area contributed by atoms with Crippen LogP contribution in [0.1, 0.15) is 13.8 Å². The average Bonchev–Trinajstić information content (AvgIpc) is 2.42. The Kier molecular flexibility index (Phi) is 6.27. The number of anilines is 1. The molecule has 1 rings (SSSR count). The first kappa shape index (κ1) is 15.4. The van der Waals surface area contributed by atoms with Gasteiger partial charge in [-0.05, 0) is 12.5 Å². The van der Waals surface area contributed by atoms with Gasteiger partial charge in [0, 0.05) is 20.1 Å². The molecule has 108 valence electrons. The smallest absolute Gasteiger partial charge is 0.324 e. The zero-order chi connectivity index (χ0) is 14.3. The summed E-state index contributed by atoms with van der Waals surface area (Å²) in [6.45, 7) is 7.02. The molecule has 0 fully saturated rings. The van der Waals surface area contributed by atoms with Crippen molar-refractivity contribution in [2.75, 3.05) is 45.8 Å². The maximum absolute atomic E-state index is 5.02. The highest BCUT2D eigenvalue weighted by Crippen LogP contribution is 2.14. The second kappa shape index (κ2) is 7.73. The summed E-state index contributed by atoms with van der Waals surface area (Å²) >= 11 is 0. The van der Waals surface area contributed by atoms with E-state index in [2.05, 4.69) is 34.1 Å². The minimum absolute atomic E-state index is 0.254. The van der Waals surface area contributed by atoms with Gasteiger partial charge in [0.1, 0.15) is 0 Å². The van der Waals surface area contributed by atoms with Crippen molar-refractivity contribution in [3.8, 4) is 12.0 Å². The topological polar surface area (TPSA) is 72.4 Å². The van der Waals surface area contributed by atoms with Gasteiger partial charge in [-0.1, -0.05) is 13.8 Å². The molecule has 0 saturated carbocycles. The second-order valence-corrected chi connectivity index (χ2v) is 4.63. The minimum Gasteiger partial charge on any atom is -0.467 e. The highest BCUT2D eigenvalue weighted by atomic mass is 16.5. The third kappa shape index (κ3) is 5.25. The fraction of sp³-hybridized carbons (Fsp3) is 0.750. The Morgan fingerprint density at radius 1 is 1.11 bits per heavy atom. The summed E-state index contributed by atoms with van der Waals surface area (Å²) in [7, 11) is 4.96. The molecule has 1 heterocycles. The predicted octanol–water partition coefficient (Wildman–Crippen LogP) is 0.571. The lowest BCUT2D eigenvalue weighted by atomic mass is 10.2. The zero-order valence-corrected chi connectivity index (χ0v) is 12.3. The number of nitrogens with one attached hydrogen (secondary N) is 1. The number of hydrogen-bond donors (Lipinski definition) is 1. The third-order valence-electron chi connectivity index (χ3n) is 2.47. The van der Waals surface area contributed by atoms with E-state index < -0.39 is 0 Å². The van der Waals surface area contributed by atoms with Crippen LogP contribution in [-0.2, 0) is 0 Å². The summed E-state index contributed by atoms with van der Waals surface area (Å²) in [6, 6.07) is 0.507. The standard InChI is InChI=1S/C12H23N5O2/c1-9(2)8-13-6-7-17(3)10-14-11(18-4)16-12(15-10)19-5/h9,13H,6-8H2,1-5H3. The average molecular weight is 269 g/mol. The fourth-order valence-corrected chi connectivity index (χ4v) is 1.42. The minimum atomic E-state index is 0.254. The van der Waals surface area contributed by atoms with Gasteiger partial charge in [0.05, 0.1) is 14.2 Å². The molecule has 0 amide bonds. The molecule has 0 unspecified atom stereocenters. The number of hydrogen-bond acceptors (Lipinski definition) is 7. The van der Waals surface area contributed by atoms with Crippen molar-refractivity contribution >= 4 is 5.95 Å². The molecule has 7 heteroatoms. The van der Waals surface area contributed by atoms with Crippen LogP contribution in [0.4, 0.5) is 5.95 Å². The molecule has 0 bridgehead atoms. The van der Waals surface area contributed by atoms with E-state index in [9.17, 15) is 0 Å².